The maximum Gasteiger partial charge on any atom is 0.222 e. The first-order valence-electron chi connectivity index (χ1n) is 7.78. The third kappa shape index (κ3) is 4.37. The minimum absolute atomic E-state index is 0.0115. The average molecular weight is 320 g/mol. The number of ether oxygens (including phenoxy) is 2. The third-order valence-corrected chi connectivity index (χ3v) is 4.10. The van der Waals surface area contributed by atoms with Crippen LogP contribution in [-0.4, -0.2) is 50.6 Å². The Kier molecular flexibility index (Phi) is 5.84. The van der Waals surface area contributed by atoms with Gasteiger partial charge < -0.3 is 19.7 Å². The number of nitrogens with zero attached hydrogens (tertiary/aromatic N) is 1. The molecule has 1 fully saturated rings. The van der Waals surface area contributed by atoms with Crippen LogP contribution in [0.4, 0.5) is 0 Å². The van der Waals surface area contributed by atoms with E-state index in [4.69, 9.17) is 9.47 Å². The topological polar surface area (TPSA) is 67.9 Å². The molecule has 2 amide bonds. The number of rotatable bonds is 6. The second kappa shape index (κ2) is 7.85. The quantitative estimate of drug-likeness (QED) is 0.860. The molecule has 1 heterocycles. The maximum absolute atomic E-state index is 12.1. The van der Waals surface area contributed by atoms with Crippen LogP contribution >= 0.6 is 0 Å². The van der Waals surface area contributed by atoms with E-state index < -0.39 is 0 Å². The summed E-state index contributed by atoms with van der Waals surface area (Å²) in [4.78, 5) is 25.3. The molecule has 2 rings (SSSR count). The number of likely N-dealkylation sites (N-methyl/N-ethyl adjacent to an activating group) is 1. The number of carbonyl (C=O) groups excluding carboxylic acids is 2. The number of aryl methyl sites for hydroxylation is 1. The van der Waals surface area contributed by atoms with Crippen molar-refractivity contribution >= 4 is 11.8 Å². The summed E-state index contributed by atoms with van der Waals surface area (Å²) < 4.78 is 10.6. The zero-order valence-corrected chi connectivity index (χ0v) is 13.9. The van der Waals surface area contributed by atoms with E-state index in [1.54, 1.807) is 26.2 Å². The van der Waals surface area contributed by atoms with Gasteiger partial charge in [-0.2, -0.15) is 0 Å². The monoisotopic (exact) mass is 320 g/mol. The van der Waals surface area contributed by atoms with Crippen molar-refractivity contribution in [2.45, 2.75) is 31.7 Å². The number of likely N-dealkylation sites (tertiary alicyclic amines) is 1. The van der Waals surface area contributed by atoms with E-state index in [0.717, 1.165) is 5.56 Å². The smallest absolute Gasteiger partial charge is 0.222 e. The van der Waals surface area contributed by atoms with Crippen LogP contribution in [0.15, 0.2) is 18.2 Å². The Bertz CT molecular complexity index is 574. The van der Waals surface area contributed by atoms with Gasteiger partial charge in [-0.1, -0.05) is 12.1 Å². The van der Waals surface area contributed by atoms with Crippen LogP contribution in [0.3, 0.4) is 0 Å². The molecule has 0 saturated carbocycles. The molecule has 0 bridgehead atoms. The van der Waals surface area contributed by atoms with E-state index >= 15 is 0 Å². The van der Waals surface area contributed by atoms with Crippen molar-refractivity contribution in [1.82, 2.24) is 10.2 Å². The number of benzene rings is 1. The number of hydrogen-bond donors (Lipinski definition) is 1. The Hall–Kier alpha value is -2.24. The first-order valence-corrected chi connectivity index (χ1v) is 7.78. The molecule has 1 saturated heterocycles. The molecule has 1 unspecified atom stereocenters. The lowest BCUT2D eigenvalue weighted by atomic mass is 10.0. The van der Waals surface area contributed by atoms with Crippen LogP contribution < -0.4 is 14.8 Å². The SMILES string of the molecule is COc1cccc(CCC(=O)NC2CCC(=O)N(C)C2)c1OC. The van der Waals surface area contributed by atoms with Gasteiger partial charge in [-0.3, -0.25) is 9.59 Å². The average Bonchev–Trinajstić information content (AvgIpc) is 2.55. The fourth-order valence-corrected chi connectivity index (χ4v) is 2.83. The molecule has 0 radical (unpaired) electrons. The maximum atomic E-state index is 12.1. The molecule has 1 aliphatic heterocycles. The predicted octanol–water partition coefficient (Wildman–Crippen LogP) is 1.37. The second-order valence-electron chi connectivity index (χ2n) is 5.73. The number of nitrogens with one attached hydrogen (secondary N) is 1. The number of para-hydroxylation sites is 1. The van der Waals surface area contributed by atoms with Crippen molar-refractivity contribution in [3.8, 4) is 11.5 Å². The van der Waals surface area contributed by atoms with Crippen LogP contribution in [0.25, 0.3) is 0 Å². The minimum Gasteiger partial charge on any atom is -0.493 e. The van der Waals surface area contributed by atoms with E-state index in [2.05, 4.69) is 5.32 Å². The predicted molar refractivity (Wildman–Crippen MR) is 86.7 cm³/mol. The lowest BCUT2D eigenvalue weighted by Crippen LogP contribution is -2.48. The number of amides is 2. The normalized spacial score (nSPS) is 17.8. The van der Waals surface area contributed by atoms with Gasteiger partial charge in [-0.25, -0.2) is 0 Å². The first-order chi connectivity index (χ1) is 11.0. The molecule has 1 aromatic rings. The van der Waals surface area contributed by atoms with Crippen LogP contribution in [0, 0.1) is 0 Å². The molecule has 1 aliphatic rings. The Morgan fingerprint density at radius 2 is 2.13 bits per heavy atom. The van der Waals surface area contributed by atoms with Gasteiger partial charge in [-0.15, -0.1) is 0 Å². The summed E-state index contributed by atoms with van der Waals surface area (Å²) in [7, 11) is 4.95. The van der Waals surface area contributed by atoms with E-state index in [1.165, 1.54) is 0 Å². The molecule has 126 valence electrons. The molecular weight excluding hydrogens is 296 g/mol. The number of hydrogen-bond acceptors (Lipinski definition) is 4. The molecular formula is C17H24N2O4. The van der Waals surface area contributed by atoms with Crippen LogP contribution in [0.1, 0.15) is 24.8 Å². The first kappa shape index (κ1) is 17.1. The number of methoxy groups -OCH3 is 2. The van der Waals surface area contributed by atoms with E-state index in [1.807, 2.05) is 18.2 Å². The molecule has 23 heavy (non-hydrogen) atoms. The van der Waals surface area contributed by atoms with E-state index in [9.17, 15) is 9.59 Å². The highest BCUT2D eigenvalue weighted by Gasteiger charge is 2.24. The van der Waals surface area contributed by atoms with Gasteiger partial charge in [0.05, 0.1) is 14.2 Å². The minimum atomic E-state index is -0.0115. The largest absolute Gasteiger partial charge is 0.493 e. The Morgan fingerprint density at radius 3 is 2.78 bits per heavy atom. The summed E-state index contributed by atoms with van der Waals surface area (Å²) in [5, 5.41) is 3.00. The summed E-state index contributed by atoms with van der Waals surface area (Å²) in [6.45, 7) is 0.576. The molecule has 1 aromatic carbocycles. The molecule has 0 aliphatic carbocycles. The van der Waals surface area contributed by atoms with Crippen molar-refractivity contribution in [1.29, 1.82) is 0 Å². The third-order valence-electron chi connectivity index (χ3n) is 4.10. The van der Waals surface area contributed by atoms with Crippen molar-refractivity contribution in [3.05, 3.63) is 23.8 Å². The van der Waals surface area contributed by atoms with Gasteiger partial charge >= 0.3 is 0 Å². The second-order valence-corrected chi connectivity index (χ2v) is 5.73. The molecule has 1 N–H and O–H groups in total. The summed E-state index contributed by atoms with van der Waals surface area (Å²) in [5.41, 5.74) is 0.943. The Balaban J connectivity index is 1.89. The highest BCUT2D eigenvalue weighted by molar-refractivity contribution is 5.79. The van der Waals surface area contributed by atoms with Crippen molar-refractivity contribution in [3.63, 3.8) is 0 Å². The van der Waals surface area contributed by atoms with Crippen molar-refractivity contribution in [2.75, 3.05) is 27.8 Å². The van der Waals surface area contributed by atoms with Crippen LogP contribution in [-0.2, 0) is 16.0 Å². The standard InChI is InChI=1S/C17H24N2O4/c1-19-11-13(8-10-16(19)21)18-15(20)9-7-12-5-4-6-14(22-2)17(12)23-3/h4-6,13H,7-11H2,1-3H3,(H,18,20). The Morgan fingerprint density at radius 1 is 1.35 bits per heavy atom. The lowest BCUT2D eigenvalue weighted by molar-refractivity contribution is -0.134. The fraction of sp³-hybridized carbons (Fsp3) is 0.529. The molecule has 0 spiro atoms. The summed E-state index contributed by atoms with van der Waals surface area (Å²) >= 11 is 0. The highest BCUT2D eigenvalue weighted by atomic mass is 16.5. The van der Waals surface area contributed by atoms with E-state index in [-0.39, 0.29) is 17.9 Å². The number of carbonyl (C=O) groups is 2. The van der Waals surface area contributed by atoms with Crippen molar-refractivity contribution < 1.29 is 19.1 Å². The lowest BCUT2D eigenvalue weighted by Gasteiger charge is -2.30. The Labute approximate surface area is 136 Å². The molecule has 6 nitrogen and oxygen atoms in total. The van der Waals surface area contributed by atoms with Gasteiger partial charge in [0, 0.05) is 32.5 Å². The number of piperidine rings is 1. The van der Waals surface area contributed by atoms with Crippen molar-refractivity contribution in [2.24, 2.45) is 0 Å². The summed E-state index contributed by atoms with van der Waals surface area (Å²) in [6.07, 6.45) is 2.15. The zero-order valence-electron chi connectivity index (χ0n) is 13.9. The summed E-state index contributed by atoms with van der Waals surface area (Å²) in [6, 6.07) is 5.69. The van der Waals surface area contributed by atoms with Crippen LogP contribution in [0.5, 0.6) is 11.5 Å². The fourth-order valence-electron chi connectivity index (χ4n) is 2.83. The zero-order chi connectivity index (χ0) is 16.8. The molecule has 6 heteroatoms. The molecule has 1 atom stereocenters. The van der Waals surface area contributed by atoms with Gasteiger partial charge in [0.1, 0.15) is 0 Å². The summed E-state index contributed by atoms with van der Waals surface area (Å²) in [5.74, 6) is 1.46. The van der Waals surface area contributed by atoms with Gasteiger partial charge in [0.25, 0.3) is 0 Å². The van der Waals surface area contributed by atoms with E-state index in [0.29, 0.717) is 43.7 Å². The van der Waals surface area contributed by atoms with Crippen LogP contribution in [0.2, 0.25) is 0 Å². The van der Waals surface area contributed by atoms with Gasteiger partial charge in [-0.05, 0) is 24.5 Å². The van der Waals surface area contributed by atoms with Gasteiger partial charge in [0.15, 0.2) is 11.5 Å². The molecule has 0 aromatic heterocycles. The van der Waals surface area contributed by atoms with Gasteiger partial charge in [0.2, 0.25) is 11.8 Å². The highest BCUT2D eigenvalue weighted by Crippen LogP contribution is 2.31.